The summed E-state index contributed by atoms with van der Waals surface area (Å²) in [7, 11) is -3.84. The van der Waals surface area contributed by atoms with Gasteiger partial charge in [0.05, 0.1) is 0 Å². The second kappa shape index (κ2) is 6.45. The van der Waals surface area contributed by atoms with Crippen LogP contribution >= 0.6 is 0 Å². The predicted octanol–water partition coefficient (Wildman–Crippen LogP) is 1.90. The molecule has 0 aliphatic rings. The van der Waals surface area contributed by atoms with Crippen LogP contribution in [0.1, 0.15) is 26.7 Å². The molecule has 0 saturated heterocycles. The zero-order chi connectivity index (χ0) is 14.5. The molecule has 0 fully saturated rings. The van der Waals surface area contributed by atoms with Crippen LogP contribution in [0.15, 0.2) is 29.2 Å². The van der Waals surface area contributed by atoms with Crippen LogP contribution in [0.2, 0.25) is 0 Å². The second-order valence-corrected chi connectivity index (χ2v) is 6.98. The Kier molecular flexibility index (Phi) is 5.46. The maximum Gasteiger partial charge on any atom is 0.243 e. The van der Waals surface area contributed by atoms with Gasteiger partial charge in [-0.2, -0.15) is 0 Å². The van der Waals surface area contributed by atoms with E-state index >= 15 is 0 Å². The van der Waals surface area contributed by atoms with Gasteiger partial charge in [-0.3, -0.25) is 0 Å². The summed E-state index contributed by atoms with van der Waals surface area (Å²) in [6.45, 7) is 4.06. The van der Waals surface area contributed by atoms with Crippen molar-refractivity contribution in [1.82, 2.24) is 4.72 Å². The fraction of sp³-hybridized carbons (Fsp3) is 0.538. The lowest BCUT2D eigenvalue weighted by molar-refractivity contribution is 0.242. The molecule has 19 heavy (non-hydrogen) atoms. The zero-order valence-electron chi connectivity index (χ0n) is 11.2. The zero-order valence-corrected chi connectivity index (χ0v) is 12.0. The third-order valence-electron chi connectivity index (χ3n) is 2.88. The minimum Gasteiger partial charge on any atom is -0.396 e. The maximum atomic E-state index is 13.5. The lowest BCUT2D eigenvalue weighted by atomic mass is 9.88. The Morgan fingerprint density at radius 2 is 1.95 bits per heavy atom. The van der Waals surface area contributed by atoms with E-state index in [-0.39, 0.29) is 23.5 Å². The Balaban J connectivity index is 2.74. The van der Waals surface area contributed by atoms with Crippen molar-refractivity contribution in [2.45, 2.75) is 31.6 Å². The molecule has 0 aromatic heterocycles. The molecule has 0 aliphatic carbocycles. The maximum absolute atomic E-state index is 13.5. The fourth-order valence-electron chi connectivity index (χ4n) is 1.68. The largest absolute Gasteiger partial charge is 0.396 e. The number of halogens is 1. The highest BCUT2D eigenvalue weighted by Gasteiger charge is 2.23. The van der Waals surface area contributed by atoms with E-state index < -0.39 is 15.8 Å². The van der Waals surface area contributed by atoms with E-state index in [9.17, 15) is 12.8 Å². The van der Waals surface area contributed by atoms with Gasteiger partial charge in [-0.15, -0.1) is 0 Å². The van der Waals surface area contributed by atoms with E-state index in [1.807, 2.05) is 13.8 Å². The van der Waals surface area contributed by atoms with Crippen molar-refractivity contribution in [3.8, 4) is 0 Å². The number of aliphatic hydroxyl groups excluding tert-OH is 1. The Bertz CT molecular complexity index is 514. The molecule has 1 aromatic rings. The molecule has 6 heteroatoms. The van der Waals surface area contributed by atoms with Crippen LogP contribution in [-0.4, -0.2) is 26.7 Å². The van der Waals surface area contributed by atoms with E-state index in [0.717, 1.165) is 6.07 Å². The highest BCUT2D eigenvalue weighted by molar-refractivity contribution is 7.89. The summed E-state index contributed by atoms with van der Waals surface area (Å²) in [4.78, 5) is -0.340. The molecule has 0 spiro atoms. The molecule has 0 saturated carbocycles. The quantitative estimate of drug-likeness (QED) is 0.805. The Hall–Kier alpha value is -0.980. The van der Waals surface area contributed by atoms with Crippen LogP contribution in [0.5, 0.6) is 0 Å². The lowest BCUT2D eigenvalue weighted by Gasteiger charge is -2.24. The van der Waals surface area contributed by atoms with Gasteiger partial charge in [0.25, 0.3) is 0 Å². The van der Waals surface area contributed by atoms with Gasteiger partial charge >= 0.3 is 0 Å². The first-order chi connectivity index (χ1) is 8.78. The van der Waals surface area contributed by atoms with Gasteiger partial charge in [-0.1, -0.05) is 26.0 Å². The molecule has 0 radical (unpaired) electrons. The average molecular weight is 289 g/mol. The van der Waals surface area contributed by atoms with E-state index in [0.29, 0.717) is 12.8 Å². The van der Waals surface area contributed by atoms with Crippen LogP contribution in [0, 0.1) is 11.2 Å². The molecule has 0 amide bonds. The summed E-state index contributed by atoms with van der Waals surface area (Å²) >= 11 is 0. The van der Waals surface area contributed by atoms with Crippen molar-refractivity contribution in [1.29, 1.82) is 0 Å². The number of nitrogens with one attached hydrogen (secondary N) is 1. The first-order valence-corrected chi connectivity index (χ1v) is 7.62. The van der Waals surface area contributed by atoms with E-state index in [4.69, 9.17) is 5.11 Å². The molecule has 108 valence electrons. The van der Waals surface area contributed by atoms with Crippen molar-refractivity contribution in [2.24, 2.45) is 5.41 Å². The van der Waals surface area contributed by atoms with Crippen molar-refractivity contribution in [3.05, 3.63) is 30.1 Å². The third-order valence-corrected chi connectivity index (χ3v) is 4.31. The van der Waals surface area contributed by atoms with E-state index in [1.54, 1.807) is 0 Å². The molecule has 0 unspecified atom stereocenters. The van der Waals surface area contributed by atoms with Crippen molar-refractivity contribution in [3.63, 3.8) is 0 Å². The number of benzene rings is 1. The molecule has 1 rings (SSSR count). The first-order valence-electron chi connectivity index (χ1n) is 6.13. The van der Waals surface area contributed by atoms with Gasteiger partial charge in [0.15, 0.2) is 0 Å². The number of aliphatic hydroxyl groups is 1. The Morgan fingerprint density at radius 3 is 2.53 bits per heavy atom. The minimum atomic E-state index is -3.84. The molecule has 0 heterocycles. The van der Waals surface area contributed by atoms with E-state index in [1.165, 1.54) is 18.2 Å². The normalized spacial score (nSPS) is 12.6. The summed E-state index contributed by atoms with van der Waals surface area (Å²) in [6, 6.07) is 5.28. The summed E-state index contributed by atoms with van der Waals surface area (Å²) in [5.74, 6) is -0.761. The minimum absolute atomic E-state index is 0.0729. The molecule has 4 nitrogen and oxygen atoms in total. The molecule has 1 aromatic carbocycles. The highest BCUT2D eigenvalue weighted by atomic mass is 32.2. The summed E-state index contributed by atoms with van der Waals surface area (Å²) in [6.07, 6.45) is 1.29. The first kappa shape index (κ1) is 16.1. The second-order valence-electron chi connectivity index (χ2n) is 5.25. The number of sulfonamides is 1. The molecule has 0 bridgehead atoms. The van der Waals surface area contributed by atoms with Crippen molar-refractivity contribution in [2.75, 3.05) is 13.2 Å². The predicted molar refractivity (Wildman–Crippen MR) is 71.7 cm³/mol. The van der Waals surface area contributed by atoms with Crippen LogP contribution in [0.25, 0.3) is 0 Å². The van der Waals surface area contributed by atoms with Crippen LogP contribution in [-0.2, 0) is 10.0 Å². The standard InChI is InChI=1S/C13H20FNO3S/c1-13(2,8-5-9-16)10-15-19(17,18)12-7-4-3-6-11(12)14/h3-4,6-7,15-16H,5,8-10H2,1-2H3. The highest BCUT2D eigenvalue weighted by Crippen LogP contribution is 2.22. The van der Waals surface area contributed by atoms with Crippen LogP contribution in [0.4, 0.5) is 4.39 Å². The van der Waals surface area contributed by atoms with Gasteiger partial charge in [-0.25, -0.2) is 17.5 Å². The molecule has 2 N–H and O–H groups in total. The third kappa shape index (κ3) is 4.89. The van der Waals surface area contributed by atoms with Crippen LogP contribution in [0.3, 0.4) is 0 Å². The molecular formula is C13H20FNO3S. The molecule has 0 atom stereocenters. The topological polar surface area (TPSA) is 66.4 Å². The summed E-state index contributed by atoms with van der Waals surface area (Å²) < 4.78 is 39.8. The Labute approximate surface area is 113 Å². The van der Waals surface area contributed by atoms with Crippen molar-refractivity contribution >= 4 is 10.0 Å². The smallest absolute Gasteiger partial charge is 0.243 e. The molecule has 0 aliphatic heterocycles. The van der Waals surface area contributed by atoms with Crippen molar-refractivity contribution < 1.29 is 17.9 Å². The Morgan fingerprint density at radius 1 is 1.32 bits per heavy atom. The fourth-order valence-corrected chi connectivity index (χ4v) is 3.00. The number of rotatable bonds is 7. The van der Waals surface area contributed by atoms with Gasteiger partial charge in [0, 0.05) is 13.2 Å². The SMILES string of the molecule is CC(C)(CCCO)CNS(=O)(=O)c1ccccc1F. The van der Waals surface area contributed by atoms with Crippen LogP contribution < -0.4 is 4.72 Å². The molecular weight excluding hydrogens is 269 g/mol. The monoisotopic (exact) mass is 289 g/mol. The van der Waals surface area contributed by atoms with Gasteiger partial charge < -0.3 is 5.11 Å². The lowest BCUT2D eigenvalue weighted by Crippen LogP contribution is -2.34. The summed E-state index contributed by atoms with van der Waals surface area (Å²) in [5.41, 5.74) is -0.291. The summed E-state index contributed by atoms with van der Waals surface area (Å²) in [5, 5.41) is 8.78. The van der Waals surface area contributed by atoms with E-state index in [2.05, 4.69) is 4.72 Å². The van der Waals surface area contributed by atoms with Gasteiger partial charge in [0.2, 0.25) is 10.0 Å². The van der Waals surface area contributed by atoms with Gasteiger partial charge in [0.1, 0.15) is 10.7 Å². The average Bonchev–Trinajstić information content (AvgIpc) is 2.35. The number of hydrogen-bond donors (Lipinski definition) is 2. The number of hydrogen-bond acceptors (Lipinski definition) is 3. The van der Waals surface area contributed by atoms with Gasteiger partial charge in [-0.05, 0) is 30.4 Å².